The van der Waals surface area contributed by atoms with Gasteiger partial charge in [0.05, 0.1) is 19.1 Å². The molecule has 1 heterocycles. The Kier molecular flexibility index (Phi) is 5.34. The van der Waals surface area contributed by atoms with Gasteiger partial charge in [0.15, 0.2) is 28.3 Å². The SMILES string of the molecule is COC(=O)[C@H]1OC(CS(=O)(=O)c2ccccc2)O[C@@H]1C(=O)OC. The number of sulfone groups is 1. The normalized spacial score (nSPS) is 21.8. The number of carbonyl (C=O) groups is 2. The first-order chi connectivity index (χ1) is 10.9. The molecule has 0 radical (unpaired) electrons. The van der Waals surface area contributed by atoms with Crippen molar-refractivity contribution in [2.24, 2.45) is 0 Å². The van der Waals surface area contributed by atoms with E-state index >= 15 is 0 Å². The molecule has 1 saturated heterocycles. The second kappa shape index (κ2) is 7.07. The summed E-state index contributed by atoms with van der Waals surface area (Å²) in [6.45, 7) is 0. The zero-order valence-corrected chi connectivity index (χ0v) is 13.3. The molecular formula is C14H16O8S. The molecule has 1 aliphatic rings. The molecule has 8 nitrogen and oxygen atoms in total. The van der Waals surface area contributed by atoms with Crippen LogP contribution in [-0.4, -0.2) is 58.8 Å². The molecule has 0 bridgehead atoms. The molecule has 2 atom stereocenters. The third-order valence-corrected chi connectivity index (χ3v) is 4.90. The Morgan fingerprint density at radius 2 is 1.48 bits per heavy atom. The summed E-state index contributed by atoms with van der Waals surface area (Å²) in [6.07, 6.45) is -4.03. The third-order valence-electron chi connectivity index (χ3n) is 3.20. The van der Waals surface area contributed by atoms with Crippen molar-refractivity contribution in [3.8, 4) is 0 Å². The number of hydrogen-bond acceptors (Lipinski definition) is 8. The number of rotatable bonds is 5. The summed E-state index contributed by atoms with van der Waals surface area (Å²) in [7, 11) is -1.47. The second-order valence-corrected chi connectivity index (χ2v) is 6.72. The summed E-state index contributed by atoms with van der Waals surface area (Å²) in [5.41, 5.74) is 0. The maximum absolute atomic E-state index is 12.3. The minimum atomic E-state index is -3.71. The van der Waals surface area contributed by atoms with Crippen molar-refractivity contribution < 1.29 is 37.0 Å². The Bertz CT molecular complexity index is 645. The van der Waals surface area contributed by atoms with Crippen molar-refractivity contribution in [1.82, 2.24) is 0 Å². The number of ether oxygens (including phenoxy) is 4. The molecule has 1 aromatic rings. The molecule has 1 aliphatic heterocycles. The topological polar surface area (TPSA) is 105 Å². The molecular weight excluding hydrogens is 328 g/mol. The van der Waals surface area contributed by atoms with Gasteiger partial charge >= 0.3 is 11.9 Å². The summed E-state index contributed by atoms with van der Waals surface area (Å²) in [5.74, 6) is -2.24. The van der Waals surface area contributed by atoms with Crippen molar-refractivity contribution in [1.29, 1.82) is 0 Å². The highest BCUT2D eigenvalue weighted by Gasteiger charge is 2.47. The second-order valence-electron chi connectivity index (χ2n) is 4.68. The van der Waals surface area contributed by atoms with Crippen molar-refractivity contribution in [2.75, 3.05) is 20.0 Å². The number of carbonyl (C=O) groups excluding carboxylic acids is 2. The fourth-order valence-corrected chi connectivity index (χ4v) is 3.35. The molecule has 0 aliphatic carbocycles. The van der Waals surface area contributed by atoms with Crippen LogP contribution in [0.5, 0.6) is 0 Å². The van der Waals surface area contributed by atoms with Gasteiger partial charge in [-0.05, 0) is 12.1 Å². The Labute approximate surface area is 133 Å². The van der Waals surface area contributed by atoms with E-state index in [9.17, 15) is 18.0 Å². The molecule has 0 aromatic heterocycles. The van der Waals surface area contributed by atoms with Crippen LogP contribution in [-0.2, 0) is 38.4 Å². The number of hydrogen-bond donors (Lipinski definition) is 0. The Morgan fingerprint density at radius 1 is 1.00 bits per heavy atom. The van der Waals surface area contributed by atoms with Crippen LogP contribution in [0.4, 0.5) is 0 Å². The monoisotopic (exact) mass is 344 g/mol. The van der Waals surface area contributed by atoms with Gasteiger partial charge in [0.1, 0.15) is 5.75 Å². The minimum Gasteiger partial charge on any atom is -0.467 e. The average molecular weight is 344 g/mol. The van der Waals surface area contributed by atoms with Crippen molar-refractivity contribution >= 4 is 21.8 Å². The first-order valence-corrected chi connectivity index (χ1v) is 8.28. The minimum absolute atomic E-state index is 0.0864. The van der Waals surface area contributed by atoms with E-state index in [-0.39, 0.29) is 4.90 Å². The molecule has 1 aromatic carbocycles. The van der Waals surface area contributed by atoms with Gasteiger partial charge in [-0.25, -0.2) is 18.0 Å². The Morgan fingerprint density at radius 3 is 1.91 bits per heavy atom. The summed E-state index contributed by atoms with van der Waals surface area (Å²) >= 11 is 0. The van der Waals surface area contributed by atoms with Crippen LogP contribution in [0.2, 0.25) is 0 Å². The molecule has 126 valence electrons. The van der Waals surface area contributed by atoms with Gasteiger partial charge in [-0.3, -0.25) is 0 Å². The largest absolute Gasteiger partial charge is 0.467 e. The highest BCUT2D eigenvalue weighted by atomic mass is 32.2. The summed E-state index contributed by atoms with van der Waals surface area (Å²) in [6, 6.07) is 7.71. The van der Waals surface area contributed by atoms with Crippen LogP contribution in [0.1, 0.15) is 0 Å². The van der Waals surface area contributed by atoms with E-state index in [1.807, 2.05) is 0 Å². The van der Waals surface area contributed by atoms with Crippen LogP contribution in [0.3, 0.4) is 0 Å². The van der Waals surface area contributed by atoms with E-state index < -0.39 is 46.0 Å². The summed E-state index contributed by atoms with van der Waals surface area (Å²) in [5, 5.41) is 0. The fraction of sp³-hybridized carbons (Fsp3) is 0.429. The lowest BCUT2D eigenvalue weighted by molar-refractivity contribution is -0.160. The predicted octanol–water partition coefficient (Wildman–Crippen LogP) is -0.0836. The molecule has 1 fully saturated rings. The first-order valence-electron chi connectivity index (χ1n) is 6.63. The van der Waals surface area contributed by atoms with Gasteiger partial charge in [-0.15, -0.1) is 0 Å². The van der Waals surface area contributed by atoms with E-state index in [0.717, 1.165) is 14.2 Å². The van der Waals surface area contributed by atoms with E-state index in [0.29, 0.717) is 0 Å². The van der Waals surface area contributed by atoms with Crippen molar-refractivity contribution in [3.63, 3.8) is 0 Å². The highest BCUT2D eigenvalue weighted by molar-refractivity contribution is 7.91. The van der Waals surface area contributed by atoms with E-state index in [1.54, 1.807) is 18.2 Å². The average Bonchev–Trinajstić information content (AvgIpc) is 2.97. The van der Waals surface area contributed by atoms with E-state index in [2.05, 4.69) is 9.47 Å². The summed E-state index contributed by atoms with van der Waals surface area (Å²) in [4.78, 5) is 23.4. The summed E-state index contributed by atoms with van der Waals surface area (Å²) < 4.78 is 44.1. The van der Waals surface area contributed by atoms with Crippen molar-refractivity contribution in [2.45, 2.75) is 23.4 Å². The molecule has 0 spiro atoms. The molecule has 0 amide bonds. The molecule has 0 saturated carbocycles. The van der Waals surface area contributed by atoms with Gasteiger partial charge in [-0.1, -0.05) is 18.2 Å². The first kappa shape index (κ1) is 17.4. The quantitative estimate of drug-likeness (QED) is 0.683. The number of methoxy groups -OCH3 is 2. The third kappa shape index (κ3) is 3.87. The zero-order valence-electron chi connectivity index (χ0n) is 12.5. The van der Waals surface area contributed by atoms with Gasteiger partial charge in [0, 0.05) is 0 Å². The molecule has 0 N–H and O–H groups in total. The van der Waals surface area contributed by atoms with Gasteiger partial charge in [0.25, 0.3) is 0 Å². The Balaban J connectivity index is 2.16. The molecule has 2 rings (SSSR count). The molecule has 0 unspecified atom stereocenters. The lowest BCUT2D eigenvalue weighted by Gasteiger charge is -2.11. The zero-order chi connectivity index (χ0) is 17.0. The van der Waals surface area contributed by atoms with Crippen LogP contribution < -0.4 is 0 Å². The highest BCUT2D eigenvalue weighted by Crippen LogP contribution is 2.24. The molecule has 9 heteroatoms. The smallest absolute Gasteiger partial charge is 0.338 e. The maximum Gasteiger partial charge on any atom is 0.338 e. The van der Waals surface area contributed by atoms with Crippen LogP contribution >= 0.6 is 0 Å². The van der Waals surface area contributed by atoms with Crippen LogP contribution in [0.15, 0.2) is 35.2 Å². The number of benzene rings is 1. The lowest BCUT2D eigenvalue weighted by atomic mass is 10.2. The van der Waals surface area contributed by atoms with Crippen LogP contribution in [0, 0.1) is 0 Å². The van der Waals surface area contributed by atoms with Crippen LogP contribution in [0.25, 0.3) is 0 Å². The fourth-order valence-electron chi connectivity index (χ4n) is 2.07. The predicted molar refractivity (Wildman–Crippen MR) is 76.1 cm³/mol. The van der Waals surface area contributed by atoms with E-state index in [1.165, 1.54) is 12.1 Å². The lowest BCUT2D eigenvalue weighted by Crippen LogP contribution is -2.38. The van der Waals surface area contributed by atoms with Gasteiger partial charge in [0.2, 0.25) is 0 Å². The van der Waals surface area contributed by atoms with Gasteiger partial charge in [-0.2, -0.15) is 0 Å². The number of esters is 2. The maximum atomic E-state index is 12.3. The van der Waals surface area contributed by atoms with E-state index in [4.69, 9.17) is 9.47 Å². The Hall–Kier alpha value is -1.97. The standard InChI is InChI=1S/C14H16O8S/c1-19-13(15)11-12(14(16)20-2)22-10(21-11)8-23(17,18)9-6-4-3-5-7-9/h3-7,10-12H,8H2,1-2H3/t11-,12-/m0/s1. The van der Waals surface area contributed by atoms with Gasteiger partial charge < -0.3 is 18.9 Å². The van der Waals surface area contributed by atoms with Crippen molar-refractivity contribution in [3.05, 3.63) is 30.3 Å². The molecule has 23 heavy (non-hydrogen) atoms.